The maximum atomic E-state index is 2.40. The lowest BCUT2D eigenvalue weighted by molar-refractivity contribution is -0.431. The molecule has 12 heavy (non-hydrogen) atoms. The van der Waals surface area contributed by atoms with Gasteiger partial charge in [0.05, 0.1) is 0 Å². The van der Waals surface area contributed by atoms with E-state index >= 15 is 0 Å². The predicted molar refractivity (Wildman–Crippen MR) is 51.1 cm³/mol. The molecule has 0 spiro atoms. The zero-order chi connectivity index (χ0) is 8.39. The summed E-state index contributed by atoms with van der Waals surface area (Å²) < 4.78 is 2.40. The summed E-state index contributed by atoms with van der Waals surface area (Å²) in [5.41, 5.74) is 2.84. The third-order valence-corrected chi connectivity index (χ3v) is 2.45. The number of nitrogens with zero attached hydrogens (tertiary/aromatic N) is 1. The van der Waals surface area contributed by atoms with Gasteiger partial charge in [0, 0.05) is 31.9 Å². The van der Waals surface area contributed by atoms with E-state index in [0.29, 0.717) is 0 Å². The number of para-hydroxylation sites is 1. The smallest absolute Gasteiger partial charge is 0.200 e. The highest BCUT2D eigenvalue weighted by Gasteiger charge is 2.19. The first-order chi connectivity index (χ1) is 5.88. The maximum absolute atomic E-state index is 2.40. The molecule has 0 N–H and O–H groups in total. The standard InChI is InChI=1S/C11H14N/c1-10-6-5-9-12(10)11-7-3-2-4-8-11/h2-4,7-8H,5-6,9H2,1H3/q+1. The van der Waals surface area contributed by atoms with Crippen LogP contribution in [0.4, 0.5) is 5.69 Å². The molecule has 1 heterocycles. The molecule has 1 heteroatoms. The number of rotatable bonds is 1. The molecule has 0 amide bonds. The molecule has 0 aromatic heterocycles. The molecule has 62 valence electrons. The van der Waals surface area contributed by atoms with Gasteiger partial charge in [0.15, 0.2) is 5.71 Å². The lowest BCUT2D eigenvalue weighted by Gasteiger charge is -1.96. The van der Waals surface area contributed by atoms with E-state index in [1.807, 2.05) is 0 Å². The minimum atomic E-state index is 1.19. The summed E-state index contributed by atoms with van der Waals surface area (Å²) in [6.45, 7) is 3.41. The van der Waals surface area contributed by atoms with Crippen LogP contribution in [-0.2, 0) is 0 Å². The van der Waals surface area contributed by atoms with Crippen molar-refractivity contribution in [3.63, 3.8) is 0 Å². The molecule has 1 aliphatic rings. The molecule has 0 saturated heterocycles. The van der Waals surface area contributed by atoms with Crippen molar-refractivity contribution in [1.29, 1.82) is 0 Å². The Morgan fingerprint density at radius 2 is 1.92 bits per heavy atom. The van der Waals surface area contributed by atoms with Gasteiger partial charge in [0.2, 0.25) is 5.69 Å². The van der Waals surface area contributed by atoms with Crippen LogP contribution in [0.3, 0.4) is 0 Å². The second-order valence-corrected chi connectivity index (χ2v) is 3.33. The summed E-state index contributed by atoms with van der Waals surface area (Å²) in [4.78, 5) is 0. The minimum absolute atomic E-state index is 1.19. The van der Waals surface area contributed by atoms with Gasteiger partial charge < -0.3 is 0 Å². The van der Waals surface area contributed by atoms with Crippen molar-refractivity contribution in [2.75, 3.05) is 6.54 Å². The van der Waals surface area contributed by atoms with Crippen LogP contribution in [0.2, 0.25) is 0 Å². The second-order valence-electron chi connectivity index (χ2n) is 3.33. The molecule has 0 saturated carbocycles. The summed E-state index contributed by atoms with van der Waals surface area (Å²) >= 11 is 0. The van der Waals surface area contributed by atoms with E-state index in [9.17, 15) is 0 Å². The van der Waals surface area contributed by atoms with Gasteiger partial charge in [-0.2, -0.15) is 0 Å². The Morgan fingerprint density at radius 1 is 1.17 bits per heavy atom. The summed E-state index contributed by atoms with van der Waals surface area (Å²) in [7, 11) is 0. The van der Waals surface area contributed by atoms with Crippen LogP contribution in [0.25, 0.3) is 0 Å². The van der Waals surface area contributed by atoms with Crippen LogP contribution in [0.1, 0.15) is 19.8 Å². The average molecular weight is 160 g/mol. The van der Waals surface area contributed by atoms with Crippen molar-refractivity contribution in [3.8, 4) is 0 Å². The zero-order valence-electron chi connectivity index (χ0n) is 7.46. The molecule has 1 aromatic rings. The van der Waals surface area contributed by atoms with E-state index in [0.717, 1.165) is 0 Å². The van der Waals surface area contributed by atoms with Gasteiger partial charge in [-0.05, 0) is 0 Å². The SMILES string of the molecule is CC1=[N+](c2ccccc2)CCC1. The molecule has 1 aliphatic heterocycles. The molecule has 1 nitrogen and oxygen atoms in total. The normalized spacial score (nSPS) is 17.1. The molecule has 2 rings (SSSR count). The second kappa shape index (κ2) is 3.10. The highest BCUT2D eigenvalue weighted by atomic mass is 15.0. The number of benzene rings is 1. The summed E-state index contributed by atoms with van der Waals surface area (Å²) in [5.74, 6) is 0. The Morgan fingerprint density at radius 3 is 2.50 bits per heavy atom. The first-order valence-corrected chi connectivity index (χ1v) is 4.53. The fraction of sp³-hybridized carbons (Fsp3) is 0.364. The Labute approximate surface area is 73.4 Å². The van der Waals surface area contributed by atoms with Gasteiger partial charge in [-0.1, -0.05) is 18.2 Å². The fourth-order valence-corrected chi connectivity index (χ4v) is 1.78. The maximum Gasteiger partial charge on any atom is 0.205 e. The number of hydrogen-bond donors (Lipinski definition) is 0. The third-order valence-electron chi connectivity index (χ3n) is 2.45. The third kappa shape index (κ3) is 1.27. The number of hydrogen-bond acceptors (Lipinski definition) is 0. The summed E-state index contributed by atoms with van der Waals surface area (Å²) in [5, 5.41) is 0. The largest absolute Gasteiger partial charge is 0.205 e. The molecular formula is C11H14N+. The molecule has 1 aromatic carbocycles. The van der Waals surface area contributed by atoms with E-state index in [2.05, 4.69) is 41.8 Å². The van der Waals surface area contributed by atoms with Crippen LogP contribution in [0.5, 0.6) is 0 Å². The summed E-state index contributed by atoms with van der Waals surface area (Å²) in [6.07, 6.45) is 2.57. The lowest BCUT2D eigenvalue weighted by atomic mass is 10.3. The Bertz CT molecular complexity index is 298. The highest BCUT2D eigenvalue weighted by molar-refractivity contribution is 5.79. The van der Waals surface area contributed by atoms with Gasteiger partial charge in [-0.15, -0.1) is 0 Å². The van der Waals surface area contributed by atoms with E-state index < -0.39 is 0 Å². The van der Waals surface area contributed by atoms with Gasteiger partial charge in [0.1, 0.15) is 6.54 Å². The highest BCUT2D eigenvalue weighted by Crippen LogP contribution is 2.16. The molecule has 0 aliphatic carbocycles. The van der Waals surface area contributed by atoms with E-state index in [1.165, 1.54) is 30.8 Å². The predicted octanol–water partition coefficient (Wildman–Crippen LogP) is 2.59. The molecular weight excluding hydrogens is 146 g/mol. The van der Waals surface area contributed by atoms with E-state index in [4.69, 9.17) is 0 Å². The summed E-state index contributed by atoms with van der Waals surface area (Å²) in [6, 6.07) is 10.6. The van der Waals surface area contributed by atoms with Crippen molar-refractivity contribution >= 4 is 11.4 Å². The molecule has 0 unspecified atom stereocenters. The molecule has 0 radical (unpaired) electrons. The minimum Gasteiger partial charge on any atom is -0.200 e. The van der Waals surface area contributed by atoms with Gasteiger partial charge in [0.25, 0.3) is 0 Å². The molecule has 0 fully saturated rings. The fourth-order valence-electron chi connectivity index (χ4n) is 1.78. The topological polar surface area (TPSA) is 3.01 Å². The van der Waals surface area contributed by atoms with Crippen molar-refractivity contribution in [1.82, 2.24) is 0 Å². The van der Waals surface area contributed by atoms with Crippen molar-refractivity contribution < 1.29 is 4.58 Å². The monoisotopic (exact) mass is 160 g/mol. The van der Waals surface area contributed by atoms with Gasteiger partial charge in [-0.25, -0.2) is 4.58 Å². The Balaban J connectivity index is 2.37. The van der Waals surface area contributed by atoms with Crippen LogP contribution in [0.15, 0.2) is 30.3 Å². The van der Waals surface area contributed by atoms with E-state index in [1.54, 1.807) is 0 Å². The first-order valence-electron chi connectivity index (χ1n) is 4.53. The van der Waals surface area contributed by atoms with Gasteiger partial charge >= 0.3 is 0 Å². The van der Waals surface area contributed by atoms with Crippen LogP contribution in [-0.4, -0.2) is 16.8 Å². The van der Waals surface area contributed by atoms with Crippen LogP contribution >= 0.6 is 0 Å². The van der Waals surface area contributed by atoms with E-state index in [-0.39, 0.29) is 0 Å². The van der Waals surface area contributed by atoms with Crippen molar-refractivity contribution in [2.45, 2.75) is 19.8 Å². The Hall–Kier alpha value is -1.11. The first kappa shape index (κ1) is 7.53. The average Bonchev–Trinajstić information content (AvgIpc) is 2.53. The quantitative estimate of drug-likeness (QED) is 0.555. The zero-order valence-corrected chi connectivity index (χ0v) is 7.46. The molecule has 0 bridgehead atoms. The molecule has 0 atom stereocenters. The van der Waals surface area contributed by atoms with Crippen molar-refractivity contribution in [3.05, 3.63) is 30.3 Å². The van der Waals surface area contributed by atoms with Crippen LogP contribution < -0.4 is 0 Å². The lowest BCUT2D eigenvalue weighted by Crippen LogP contribution is -2.05. The van der Waals surface area contributed by atoms with Crippen LogP contribution in [0, 0.1) is 0 Å². The van der Waals surface area contributed by atoms with Gasteiger partial charge in [-0.3, -0.25) is 0 Å². The van der Waals surface area contributed by atoms with Crippen molar-refractivity contribution in [2.24, 2.45) is 0 Å². The Kier molecular flexibility index (Phi) is 1.94.